The molecule has 0 spiro atoms. The van der Waals surface area contributed by atoms with Crippen LogP contribution in [-0.4, -0.2) is 46.0 Å². The van der Waals surface area contributed by atoms with Crippen LogP contribution in [0.2, 0.25) is 0 Å². The van der Waals surface area contributed by atoms with Gasteiger partial charge in [-0.15, -0.1) is 0 Å². The molecule has 0 aliphatic rings. The van der Waals surface area contributed by atoms with E-state index in [1.54, 1.807) is 20.8 Å². The highest BCUT2D eigenvalue weighted by molar-refractivity contribution is 7.90. The third-order valence-electron chi connectivity index (χ3n) is 4.19. The van der Waals surface area contributed by atoms with Crippen molar-refractivity contribution < 1.29 is 22.3 Å². The highest BCUT2D eigenvalue weighted by atomic mass is 32.2. The molecule has 10 heteroatoms. The van der Waals surface area contributed by atoms with Crippen molar-refractivity contribution in [2.75, 3.05) is 7.05 Å². The predicted octanol–water partition coefficient (Wildman–Crippen LogP) is 3.69. The number of amides is 1. The van der Waals surface area contributed by atoms with Crippen molar-refractivity contribution in [2.45, 2.75) is 37.8 Å². The predicted molar refractivity (Wildman–Crippen MR) is 112 cm³/mol. The minimum Gasteiger partial charge on any atom is -0.444 e. The number of carbonyl (C=O) groups excluding carboxylic acids is 1. The largest absolute Gasteiger partial charge is 0.444 e. The van der Waals surface area contributed by atoms with Crippen molar-refractivity contribution in [1.29, 1.82) is 0 Å². The van der Waals surface area contributed by atoms with Crippen LogP contribution in [0.25, 0.3) is 11.3 Å². The van der Waals surface area contributed by atoms with Crippen molar-refractivity contribution in [3.63, 3.8) is 0 Å². The van der Waals surface area contributed by atoms with Gasteiger partial charge in [-0.3, -0.25) is 4.98 Å². The minimum absolute atomic E-state index is 0.0149. The summed E-state index contributed by atoms with van der Waals surface area (Å²) in [5, 5.41) is 0. The summed E-state index contributed by atoms with van der Waals surface area (Å²) in [6.45, 7) is 5.30. The molecule has 0 unspecified atom stereocenters. The highest BCUT2D eigenvalue weighted by Crippen LogP contribution is 2.28. The second-order valence-electron chi connectivity index (χ2n) is 7.90. The molecule has 0 aliphatic heterocycles. The lowest BCUT2D eigenvalue weighted by molar-refractivity contribution is 0.0285. The smallest absolute Gasteiger partial charge is 0.410 e. The maximum absolute atomic E-state index is 14.4. The molecule has 0 atom stereocenters. The molecule has 164 valence electrons. The van der Waals surface area contributed by atoms with Crippen molar-refractivity contribution >= 4 is 16.1 Å². The Morgan fingerprint density at radius 2 is 1.94 bits per heavy atom. The van der Waals surface area contributed by atoms with Crippen LogP contribution in [-0.2, 0) is 21.3 Å². The quantitative estimate of drug-likeness (QED) is 0.555. The van der Waals surface area contributed by atoms with Gasteiger partial charge in [0.2, 0.25) is 5.95 Å². The second-order valence-corrected chi connectivity index (χ2v) is 9.72. The molecular formula is C21H23FN4O4S. The van der Waals surface area contributed by atoms with E-state index in [-0.39, 0.29) is 22.7 Å². The van der Waals surface area contributed by atoms with Crippen molar-refractivity contribution in [2.24, 2.45) is 0 Å². The molecule has 31 heavy (non-hydrogen) atoms. The number of carbonyl (C=O) groups is 1. The summed E-state index contributed by atoms with van der Waals surface area (Å²) >= 11 is 0. The number of ether oxygens (including phenoxy) is 1. The van der Waals surface area contributed by atoms with Crippen LogP contribution in [0.4, 0.5) is 9.18 Å². The van der Waals surface area contributed by atoms with E-state index in [0.29, 0.717) is 5.56 Å². The van der Waals surface area contributed by atoms with E-state index in [0.717, 1.165) is 3.97 Å². The number of rotatable bonds is 5. The van der Waals surface area contributed by atoms with Gasteiger partial charge in [-0.2, -0.15) is 4.39 Å². The summed E-state index contributed by atoms with van der Waals surface area (Å²) in [6.07, 6.45) is 4.73. The maximum atomic E-state index is 14.4. The Balaban J connectivity index is 2.05. The third-order valence-corrected chi connectivity index (χ3v) is 5.85. The maximum Gasteiger partial charge on any atom is 0.410 e. The fourth-order valence-corrected chi connectivity index (χ4v) is 4.20. The molecule has 0 N–H and O–H groups in total. The molecule has 0 saturated heterocycles. The lowest BCUT2D eigenvalue weighted by Gasteiger charge is -2.24. The molecule has 3 heterocycles. The fourth-order valence-electron chi connectivity index (χ4n) is 2.85. The number of pyridine rings is 2. The Bertz CT molecular complexity index is 1190. The summed E-state index contributed by atoms with van der Waals surface area (Å²) in [5.41, 5.74) is -0.104. The standard InChI is InChI=1S/C21H23FN4O4S/c1-21(2,3)30-20(27)25(4)13-15-11-18(17-8-6-10-24-19(17)22)26(14-15)31(28,29)16-7-5-9-23-12-16/h5-12,14H,13H2,1-4H3. The van der Waals surface area contributed by atoms with Gasteiger partial charge in [0.25, 0.3) is 10.0 Å². The zero-order valence-electron chi connectivity index (χ0n) is 17.6. The minimum atomic E-state index is -4.07. The topological polar surface area (TPSA) is 94.4 Å². The first-order valence-electron chi connectivity index (χ1n) is 9.41. The molecule has 0 aliphatic carbocycles. The van der Waals surface area contributed by atoms with Gasteiger partial charge in [0.05, 0.1) is 17.8 Å². The Labute approximate surface area is 180 Å². The Morgan fingerprint density at radius 3 is 2.55 bits per heavy atom. The van der Waals surface area contributed by atoms with Crippen LogP contribution < -0.4 is 0 Å². The van der Waals surface area contributed by atoms with E-state index < -0.39 is 27.7 Å². The molecule has 3 rings (SSSR count). The number of hydrogen-bond acceptors (Lipinski definition) is 6. The molecule has 0 saturated carbocycles. The normalized spacial score (nSPS) is 11.9. The summed E-state index contributed by atoms with van der Waals surface area (Å²) in [6, 6.07) is 7.36. The number of hydrogen-bond donors (Lipinski definition) is 0. The van der Waals surface area contributed by atoms with Crippen LogP contribution in [0.1, 0.15) is 26.3 Å². The average molecular weight is 447 g/mol. The first-order chi connectivity index (χ1) is 14.5. The zero-order valence-corrected chi connectivity index (χ0v) is 18.4. The monoisotopic (exact) mass is 446 g/mol. The van der Waals surface area contributed by atoms with Crippen LogP contribution >= 0.6 is 0 Å². The van der Waals surface area contributed by atoms with Crippen LogP contribution in [0, 0.1) is 5.95 Å². The lowest BCUT2D eigenvalue weighted by atomic mass is 10.2. The molecule has 0 aromatic carbocycles. The van der Waals surface area contributed by atoms with Gasteiger partial charge < -0.3 is 9.64 Å². The van der Waals surface area contributed by atoms with Gasteiger partial charge in [-0.25, -0.2) is 22.2 Å². The van der Waals surface area contributed by atoms with Gasteiger partial charge in [-0.05, 0) is 56.7 Å². The van der Waals surface area contributed by atoms with Gasteiger partial charge >= 0.3 is 6.09 Å². The van der Waals surface area contributed by atoms with E-state index in [9.17, 15) is 17.6 Å². The second kappa shape index (κ2) is 8.46. The molecular weight excluding hydrogens is 423 g/mol. The summed E-state index contributed by atoms with van der Waals surface area (Å²) in [7, 11) is -2.54. The first-order valence-corrected chi connectivity index (χ1v) is 10.8. The van der Waals surface area contributed by atoms with Crippen LogP contribution in [0.3, 0.4) is 0 Å². The Hall–Kier alpha value is -3.27. The Morgan fingerprint density at radius 1 is 1.23 bits per heavy atom. The van der Waals surface area contributed by atoms with E-state index in [2.05, 4.69) is 9.97 Å². The third kappa shape index (κ3) is 5.08. The van der Waals surface area contributed by atoms with E-state index in [1.807, 2.05) is 0 Å². The highest BCUT2D eigenvalue weighted by Gasteiger charge is 2.25. The summed E-state index contributed by atoms with van der Waals surface area (Å²) in [4.78, 5) is 21.0. The van der Waals surface area contributed by atoms with E-state index >= 15 is 0 Å². The molecule has 8 nitrogen and oxygen atoms in total. The van der Waals surface area contributed by atoms with Crippen molar-refractivity contribution in [1.82, 2.24) is 18.8 Å². The summed E-state index contributed by atoms with van der Waals surface area (Å²) in [5.74, 6) is -0.810. The molecule has 0 bridgehead atoms. The van der Waals surface area contributed by atoms with Gasteiger partial charge in [0.15, 0.2) is 0 Å². The van der Waals surface area contributed by atoms with Crippen LogP contribution in [0.15, 0.2) is 60.0 Å². The van der Waals surface area contributed by atoms with Gasteiger partial charge in [-0.1, -0.05) is 0 Å². The van der Waals surface area contributed by atoms with E-state index in [1.165, 1.54) is 67.1 Å². The molecule has 0 fully saturated rings. The molecule has 3 aromatic heterocycles. The first kappa shape index (κ1) is 22.4. The lowest BCUT2D eigenvalue weighted by Crippen LogP contribution is -2.33. The average Bonchev–Trinajstić information content (AvgIpc) is 3.12. The fraction of sp³-hybridized carbons (Fsp3) is 0.286. The zero-order chi connectivity index (χ0) is 22.8. The number of aromatic nitrogens is 3. The number of halogens is 1. The molecule has 1 amide bonds. The number of nitrogens with zero attached hydrogens (tertiary/aromatic N) is 4. The molecule has 0 radical (unpaired) electrons. The van der Waals surface area contributed by atoms with E-state index in [4.69, 9.17) is 4.74 Å². The van der Waals surface area contributed by atoms with Crippen LogP contribution in [0.5, 0.6) is 0 Å². The SMILES string of the molecule is CN(Cc1cc(-c2cccnc2F)n(S(=O)(=O)c2cccnc2)c1)C(=O)OC(C)(C)C. The van der Waals surface area contributed by atoms with Gasteiger partial charge in [0.1, 0.15) is 10.5 Å². The van der Waals surface area contributed by atoms with Crippen molar-refractivity contribution in [3.05, 3.63) is 66.6 Å². The summed E-state index contributed by atoms with van der Waals surface area (Å²) < 4.78 is 47.2. The molecule has 3 aromatic rings. The Kier molecular flexibility index (Phi) is 6.12. The van der Waals surface area contributed by atoms with Gasteiger partial charge in [0, 0.05) is 31.8 Å². The van der Waals surface area contributed by atoms with Crippen molar-refractivity contribution in [3.8, 4) is 11.3 Å².